The molecule has 1 aliphatic heterocycles. The van der Waals surface area contributed by atoms with Gasteiger partial charge in [-0.15, -0.1) is 0 Å². The molecule has 7 nitrogen and oxygen atoms in total. The van der Waals surface area contributed by atoms with Crippen LogP contribution >= 0.6 is 0 Å². The van der Waals surface area contributed by atoms with E-state index in [1.807, 2.05) is 13.8 Å². The molecule has 140 valence electrons. The van der Waals surface area contributed by atoms with Crippen LogP contribution in [0.1, 0.15) is 44.3 Å². The Morgan fingerprint density at radius 1 is 1.27 bits per heavy atom. The highest BCUT2D eigenvalue weighted by Gasteiger charge is 2.62. The van der Waals surface area contributed by atoms with Crippen molar-refractivity contribution in [2.75, 3.05) is 6.61 Å². The number of aromatic nitrogens is 2. The molecule has 8 heteroatoms. The fraction of sp³-hybridized carbons (Fsp3) is 0.556. The lowest BCUT2D eigenvalue weighted by Gasteiger charge is -2.07. The summed E-state index contributed by atoms with van der Waals surface area (Å²) < 4.78 is 38.9. The summed E-state index contributed by atoms with van der Waals surface area (Å²) in [4.78, 5) is 4.75. The Morgan fingerprint density at radius 3 is 2.73 bits per heavy atom. The van der Waals surface area contributed by atoms with Gasteiger partial charge in [0.2, 0.25) is 15.9 Å². The van der Waals surface area contributed by atoms with E-state index in [1.54, 1.807) is 30.3 Å². The van der Waals surface area contributed by atoms with Crippen molar-refractivity contribution in [2.24, 2.45) is 5.41 Å². The van der Waals surface area contributed by atoms with Gasteiger partial charge in [-0.25, -0.2) is 13.1 Å². The Kier molecular flexibility index (Phi) is 4.37. The average molecular weight is 377 g/mol. The maximum absolute atomic E-state index is 12.6. The summed E-state index contributed by atoms with van der Waals surface area (Å²) in [6, 6.07) is 8.11. The van der Waals surface area contributed by atoms with E-state index in [0.29, 0.717) is 18.1 Å². The topological polar surface area (TPSA) is 94.3 Å². The Bertz CT molecular complexity index is 873. The van der Waals surface area contributed by atoms with Crippen LogP contribution in [0.4, 0.5) is 0 Å². The Balaban J connectivity index is 1.47. The summed E-state index contributed by atoms with van der Waals surface area (Å²) in [5.41, 5.74) is -0.271. The average Bonchev–Trinajstić information content (AvgIpc) is 3.07. The minimum Gasteiger partial charge on any atom is -0.378 e. The number of nitrogens with one attached hydrogen (secondary N) is 1. The van der Waals surface area contributed by atoms with Gasteiger partial charge in [0.25, 0.3) is 0 Å². The third-order valence-corrected chi connectivity index (χ3v) is 6.81. The fourth-order valence-electron chi connectivity index (χ4n) is 3.65. The molecule has 2 heterocycles. The molecule has 3 atom stereocenters. The first-order valence-electron chi connectivity index (χ1n) is 8.89. The van der Waals surface area contributed by atoms with Crippen molar-refractivity contribution in [3.8, 4) is 0 Å². The van der Waals surface area contributed by atoms with E-state index in [1.165, 1.54) is 0 Å². The van der Waals surface area contributed by atoms with Crippen molar-refractivity contribution in [1.82, 2.24) is 14.9 Å². The molecular formula is C18H23N3O4S. The fourth-order valence-corrected chi connectivity index (χ4v) is 5.08. The molecule has 1 aliphatic carbocycles. The van der Waals surface area contributed by atoms with Gasteiger partial charge in [-0.3, -0.25) is 0 Å². The number of benzene rings is 1. The Morgan fingerprint density at radius 2 is 2.04 bits per heavy atom. The highest BCUT2D eigenvalue weighted by Crippen LogP contribution is 2.58. The second-order valence-electron chi connectivity index (χ2n) is 7.60. The Hall–Kier alpha value is -1.77. The first kappa shape index (κ1) is 17.6. The standard InChI is InChI=1S/C18H23N3O4S/c1-18(2)15(16(18)21-26(22,23)13-8-4-3-5-9-13)17-19-14(25-20-17)11-12-7-6-10-24-12/h3-5,8-9,12,15-16,21H,6-7,10-11H2,1-2H3/t12-,15-,16-/m0/s1. The van der Waals surface area contributed by atoms with E-state index in [4.69, 9.17) is 9.26 Å². The second-order valence-corrected chi connectivity index (χ2v) is 9.31. The quantitative estimate of drug-likeness (QED) is 0.830. The maximum atomic E-state index is 12.6. The SMILES string of the molecule is CC1(C)[C@H](c2noc(C[C@@H]3CCCO3)n2)[C@@H]1NS(=O)(=O)c1ccccc1. The van der Waals surface area contributed by atoms with Crippen molar-refractivity contribution < 1.29 is 17.7 Å². The molecule has 0 amide bonds. The van der Waals surface area contributed by atoms with Crippen LogP contribution in [0.2, 0.25) is 0 Å². The molecule has 4 rings (SSSR count). The van der Waals surface area contributed by atoms with Crippen molar-refractivity contribution in [3.05, 3.63) is 42.0 Å². The molecular weight excluding hydrogens is 354 g/mol. The van der Waals surface area contributed by atoms with Gasteiger partial charge in [-0.1, -0.05) is 37.2 Å². The van der Waals surface area contributed by atoms with Gasteiger partial charge in [-0.05, 0) is 30.4 Å². The number of sulfonamides is 1. The molecule has 2 aliphatic rings. The van der Waals surface area contributed by atoms with E-state index in [-0.39, 0.29) is 28.4 Å². The van der Waals surface area contributed by atoms with Crippen LogP contribution in [0.5, 0.6) is 0 Å². The molecule has 2 aromatic rings. The van der Waals surface area contributed by atoms with Gasteiger partial charge in [0, 0.05) is 18.6 Å². The normalized spacial score (nSPS) is 27.5. The number of ether oxygens (including phenoxy) is 1. The zero-order valence-electron chi connectivity index (χ0n) is 14.9. The van der Waals surface area contributed by atoms with Gasteiger partial charge in [0.15, 0.2) is 5.82 Å². The first-order valence-corrected chi connectivity index (χ1v) is 10.4. The van der Waals surface area contributed by atoms with E-state index < -0.39 is 10.0 Å². The lowest BCUT2D eigenvalue weighted by molar-refractivity contribution is 0.104. The summed E-state index contributed by atoms with van der Waals surface area (Å²) in [7, 11) is -3.58. The predicted octanol–water partition coefficient (Wildman–Crippen LogP) is 2.26. The lowest BCUT2D eigenvalue weighted by atomic mass is 10.1. The van der Waals surface area contributed by atoms with Gasteiger partial charge in [0.05, 0.1) is 17.4 Å². The summed E-state index contributed by atoms with van der Waals surface area (Å²) in [6.07, 6.45) is 2.82. The van der Waals surface area contributed by atoms with E-state index in [2.05, 4.69) is 14.9 Å². The third kappa shape index (κ3) is 3.28. The molecule has 1 aromatic carbocycles. The molecule has 0 radical (unpaired) electrons. The largest absolute Gasteiger partial charge is 0.378 e. The number of rotatable bonds is 6. The molecule has 0 bridgehead atoms. The lowest BCUT2D eigenvalue weighted by Crippen LogP contribution is -2.29. The molecule has 1 saturated heterocycles. The number of nitrogens with zero attached hydrogens (tertiary/aromatic N) is 2. The highest BCUT2D eigenvalue weighted by molar-refractivity contribution is 7.89. The summed E-state index contributed by atoms with van der Waals surface area (Å²) in [5.74, 6) is 1.01. The number of hydrogen-bond donors (Lipinski definition) is 1. The van der Waals surface area contributed by atoms with Crippen molar-refractivity contribution >= 4 is 10.0 Å². The van der Waals surface area contributed by atoms with Crippen LogP contribution in [-0.2, 0) is 21.2 Å². The summed E-state index contributed by atoms with van der Waals surface area (Å²) in [5, 5.41) is 4.09. The minimum atomic E-state index is -3.58. The van der Waals surface area contributed by atoms with Crippen molar-refractivity contribution in [2.45, 2.75) is 56.1 Å². The summed E-state index contributed by atoms with van der Waals surface area (Å²) >= 11 is 0. The molecule has 2 fully saturated rings. The van der Waals surface area contributed by atoms with Crippen molar-refractivity contribution in [3.63, 3.8) is 0 Å². The second kappa shape index (κ2) is 6.44. The molecule has 26 heavy (non-hydrogen) atoms. The molecule has 1 N–H and O–H groups in total. The third-order valence-electron chi connectivity index (χ3n) is 5.35. The van der Waals surface area contributed by atoms with Crippen LogP contribution in [0, 0.1) is 5.41 Å². The predicted molar refractivity (Wildman–Crippen MR) is 94.0 cm³/mol. The smallest absolute Gasteiger partial charge is 0.240 e. The van der Waals surface area contributed by atoms with Crippen LogP contribution in [-0.4, -0.2) is 37.3 Å². The molecule has 1 aromatic heterocycles. The van der Waals surface area contributed by atoms with Gasteiger partial charge >= 0.3 is 0 Å². The minimum absolute atomic E-state index is 0.108. The monoisotopic (exact) mass is 377 g/mol. The highest BCUT2D eigenvalue weighted by atomic mass is 32.2. The Labute approximate surface area is 153 Å². The summed E-state index contributed by atoms with van der Waals surface area (Å²) in [6.45, 7) is 4.79. The van der Waals surface area contributed by atoms with E-state index in [9.17, 15) is 8.42 Å². The molecule has 1 saturated carbocycles. The zero-order valence-corrected chi connectivity index (χ0v) is 15.7. The molecule has 0 spiro atoms. The zero-order chi connectivity index (χ0) is 18.4. The van der Waals surface area contributed by atoms with Gasteiger partial charge in [-0.2, -0.15) is 4.98 Å². The van der Waals surface area contributed by atoms with Crippen LogP contribution < -0.4 is 4.72 Å². The van der Waals surface area contributed by atoms with E-state index >= 15 is 0 Å². The van der Waals surface area contributed by atoms with Crippen LogP contribution in [0.15, 0.2) is 39.8 Å². The molecule has 0 unspecified atom stereocenters. The first-order chi connectivity index (χ1) is 12.4. The van der Waals surface area contributed by atoms with E-state index in [0.717, 1.165) is 19.4 Å². The van der Waals surface area contributed by atoms with Gasteiger partial charge in [0.1, 0.15) is 0 Å². The van der Waals surface area contributed by atoms with Gasteiger partial charge < -0.3 is 9.26 Å². The number of hydrogen-bond acceptors (Lipinski definition) is 6. The maximum Gasteiger partial charge on any atom is 0.240 e. The van der Waals surface area contributed by atoms with Crippen LogP contribution in [0.3, 0.4) is 0 Å². The van der Waals surface area contributed by atoms with Crippen molar-refractivity contribution in [1.29, 1.82) is 0 Å². The van der Waals surface area contributed by atoms with Crippen LogP contribution in [0.25, 0.3) is 0 Å².